The minimum Gasteiger partial charge on any atom is -0.103 e. The molecule has 2 aliphatic carbocycles. The summed E-state index contributed by atoms with van der Waals surface area (Å²) in [4.78, 5) is 0. The molecule has 116 valence electrons. The maximum absolute atomic E-state index is 4.05. The molecule has 0 saturated carbocycles. The molecule has 4 rings (SSSR count). The molecule has 0 amide bonds. The first-order valence-corrected chi connectivity index (χ1v) is 8.67. The van der Waals surface area contributed by atoms with Gasteiger partial charge in [0, 0.05) is 0 Å². The standard InChI is InChI=1S/C23H24/c1-3-9-21-19-13-7-8-14-20(19)22(10-4-2)23(21)15-17-11-5-6-12-18(17)16-23/h3-8,11-14,21-22H,1-2,9-10,15-16H2. The first-order chi connectivity index (χ1) is 11.3. The van der Waals surface area contributed by atoms with Gasteiger partial charge < -0.3 is 0 Å². The summed E-state index contributed by atoms with van der Waals surface area (Å²) in [5.74, 6) is 1.15. The van der Waals surface area contributed by atoms with E-state index in [1.165, 1.54) is 12.8 Å². The van der Waals surface area contributed by atoms with Gasteiger partial charge in [-0.3, -0.25) is 0 Å². The Morgan fingerprint density at radius 3 is 1.65 bits per heavy atom. The molecule has 2 aliphatic rings. The molecule has 0 radical (unpaired) electrons. The molecule has 0 aliphatic heterocycles. The van der Waals surface area contributed by atoms with E-state index >= 15 is 0 Å². The van der Waals surface area contributed by atoms with Crippen molar-refractivity contribution >= 4 is 0 Å². The minimum atomic E-state index is 0.301. The Morgan fingerprint density at radius 1 is 0.783 bits per heavy atom. The average Bonchev–Trinajstić information content (AvgIpc) is 3.07. The predicted octanol–water partition coefficient (Wildman–Crippen LogP) is 5.80. The Hall–Kier alpha value is -2.08. The lowest BCUT2D eigenvalue weighted by atomic mass is 9.66. The summed E-state index contributed by atoms with van der Waals surface area (Å²) in [5.41, 5.74) is 6.49. The molecule has 0 aromatic heterocycles. The van der Waals surface area contributed by atoms with E-state index in [1.54, 1.807) is 22.3 Å². The molecule has 0 nitrogen and oxygen atoms in total. The van der Waals surface area contributed by atoms with Gasteiger partial charge in [-0.1, -0.05) is 60.7 Å². The number of hydrogen-bond acceptors (Lipinski definition) is 0. The van der Waals surface area contributed by atoms with Crippen LogP contribution in [-0.4, -0.2) is 0 Å². The maximum Gasteiger partial charge on any atom is -0.00557 e. The molecular weight excluding hydrogens is 276 g/mol. The van der Waals surface area contributed by atoms with Crippen molar-refractivity contribution in [1.29, 1.82) is 0 Å². The van der Waals surface area contributed by atoms with E-state index in [2.05, 4.69) is 73.8 Å². The van der Waals surface area contributed by atoms with Gasteiger partial charge in [0.05, 0.1) is 0 Å². The molecule has 0 bridgehead atoms. The van der Waals surface area contributed by atoms with Gasteiger partial charge >= 0.3 is 0 Å². The topological polar surface area (TPSA) is 0 Å². The van der Waals surface area contributed by atoms with Gasteiger partial charge in [-0.2, -0.15) is 0 Å². The average molecular weight is 300 g/mol. The Labute approximate surface area is 139 Å². The van der Waals surface area contributed by atoms with Gasteiger partial charge in [0.2, 0.25) is 0 Å². The lowest BCUT2D eigenvalue weighted by Crippen LogP contribution is -2.30. The van der Waals surface area contributed by atoms with Gasteiger partial charge in [0.1, 0.15) is 0 Å². The summed E-state index contributed by atoms with van der Waals surface area (Å²) in [6.07, 6.45) is 8.74. The molecule has 1 spiro atoms. The monoisotopic (exact) mass is 300 g/mol. The molecular formula is C23H24. The second-order valence-corrected chi connectivity index (χ2v) is 7.14. The van der Waals surface area contributed by atoms with Gasteiger partial charge in [0.15, 0.2) is 0 Å². The Kier molecular flexibility index (Phi) is 3.49. The van der Waals surface area contributed by atoms with Gasteiger partial charge in [-0.25, -0.2) is 0 Å². The predicted molar refractivity (Wildman–Crippen MR) is 97.8 cm³/mol. The van der Waals surface area contributed by atoms with E-state index in [1.807, 2.05) is 0 Å². The first kappa shape index (κ1) is 14.5. The summed E-state index contributed by atoms with van der Waals surface area (Å²) >= 11 is 0. The van der Waals surface area contributed by atoms with Crippen molar-refractivity contribution in [1.82, 2.24) is 0 Å². The highest BCUT2D eigenvalue weighted by molar-refractivity contribution is 5.49. The normalized spacial score (nSPS) is 23.5. The van der Waals surface area contributed by atoms with Crippen molar-refractivity contribution in [2.24, 2.45) is 5.41 Å². The van der Waals surface area contributed by atoms with E-state index in [0.29, 0.717) is 17.3 Å². The molecule has 0 saturated heterocycles. The zero-order chi connectivity index (χ0) is 15.9. The largest absolute Gasteiger partial charge is 0.103 e. The van der Waals surface area contributed by atoms with E-state index in [9.17, 15) is 0 Å². The molecule has 2 aromatic carbocycles. The zero-order valence-corrected chi connectivity index (χ0v) is 13.7. The van der Waals surface area contributed by atoms with Crippen LogP contribution >= 0.6 is 0 Å². The number of hydrogen-bond donors (Lipinski definition) is 0. The first-order valence-electron chi connectivity index (χ1n) is 8.67. The fourth-order valence-corrected chi connectivity index (χ4v) is 5.23. The molecule has 0 heteroatoms. The number of allylic oxidation sites excluding steroid dienone is 2. The fourth-order valence-electron chi connectivity index (χ4n) is 5.23. The Morgan fingerprint density at radius 2 is 1.22 bits per heavy atom. The molecule has 2 atom stereocenters. The van der Waals surface area contributed by atoms with Crippen LogP contribution in [0.1, 0.15) is 46.9 Å². The maximum atomic E-state index is 4.05. The van der Waals surface area contributed by atoms with Crippen molar-refractivity contribution in [2.45, 2.75) is 37.5 Å². The van der Waals surface area contributed by atoms with E-state index in [0.717, 1.165) is 12.8 Å². The van der Waals surface area contributed by atoms with Crippen LogP contribution in [0, 0.1) is 5.41 Å². The van der Waals surface area contributed by atoms with Crippen LogP contribution in [0.5, 0.6) is 0 Å². The van der Waals surface area contributed by atoms with E-state index < -0.39 is 0 Å². The van der Waals surface area contributed by atoms with E-state index in [-0.39, 0.29) is 0 Å². The van der Waals surface area contributed by atoms with Crippen molar-refractivity contribution < 1.29 is 0 Å². The van der Waals surface area contributed by atoms with Crippen LogP contribution < -0.4 is 0 Å². The minimum absolute atomic E-state index is 0.301. The van der Waals surface area contributed by atoms with Crippen molar-refractivity contribution in [3.05, 3.63) is 96.1 Å². The van der Waals surface area contributed by atoms with E-state index in [4.69, 9.17) is 0 Å². The molecule has 0 heterocycles. The highest BCUT2D eigenvalue weighted by Gasteiger charge is 2.54. The number of fused-ring (bicyclic) bond motifs is 2. The summed E-state index contributed by atoms with van der Waals surface area (Å²) in [5, 5.41) is 0. The van der Waals surface area contributed by atoms with Crippen LogP contribution in [0.25, 0.3) is 0 Å². The molecule has 0 N–H and O–H groups in total. The molecule has 23 heavy (non-hydrogen) atoms. The van der Waals surface area contributed by atoms with Crippen molar-refractivity contribution in [2.75, 3.05) is 0 Å². The number of benzene rings is 2. The smallest absolute Gasteiger partial charge is 0.00557 e. The molecule has 0 fully saturated rings. The van der Waals surface area contributed by atoms with Crippen LogP contribution in [0.15, 0.2) is 73.8 Å². The second kappa shape index (κ2) is 5.53. The molecule has 2 unspecified atom stereocenters. The van der Waals surface area contributed by atoms with Crippen LogP contribution in [0.2, 0.25) is 0 Å². The van der Waals surface area contributed by atoms with Crippen LogP contribution in [-0.2, 0) is 12.8 Å². The Balaban J connectivity index is 1.87. The third-order valence-corrected chi connectivity index (χ3v) is 6.10. The zero-order valence-electron chi connectivity index (χ0n) is 13.7. The lowest BCUT2D eigenvalue weighted by Gasteiger charge is -2.37. The number of rotatable bonds is 4. The third-order valence-electron chi connectivity index (χ3n) is 6.10. The van der Waals surface area contributed by atoms with Gasteiger partial charge in [-0.15, -0.1) is 13.2 Å². The van der Waals surface area contributed by atoms with Crippen molar-refractivity contribution in [3.63, 3.8) is 0 Å². The Bertz CT molecular complexity index is 688. The lowest BCUT2D eigenvalue weighted by molar-refractivity contribution is 0.208. The van der Waals surface area contributed by atoms with Crippen molar-refractivity contribution in [3.8, 4) is 0 Å². The summed E-state index contributed by atoms with van der Waals surface area (Å²) in [6.45, 7) is 8.10. The quantitative estimate of drug-likeness (QED) is 0.625. The highest BCUT2D eigenvalue weighted by Crippen LogP contribution is 2.63. The molecule has 2 aromatic rings. The van der Waals surface area contributed by atoms with Crippen LogP contribution in [0.4, 0.5) is 0 Å². The van der Waals surface area contributed by atoms with Crippen LogP contribution in [0.3, 0.4) is 0 Å². The SMILES string of the molecule is C=CCC1c2ccccc2C(CC=C)C12Cc1ccccc1C2. The van der Waals surface area contributed by atoms with Gasteiger partial charge in [0.25, 0.3) is 0 Å². The fraction of sp³-hybridized carbons (Fsp3) is 0.304. The summed E-state index contributed by atoms with van der Waals surface area (Å²) in [7, 11) is 0. The summed E-state index contributed by atoms with van der Waals surface area (Å²) in [6, 6.07) is 18.1. The highest BCUT2D eigenvalue weighted by atomic mass is 14.6. The second-order valence-electron chi connectivity index (χ2n) is 7.14. The van der Waals surface area contributed by atoms with Gasteiger partial charge in [-0.05, 0) is 65.2 Å². The third kappa shape index (κ3) is 2.05. The summed E-state index contributed by atoms with van der Waals surface area (Å²) < 4.78 is 0.